The first-order chi connectivity index (χ1) is 8.69. The van der Waals surface area contributed by atoms with Crippen LogP contribution in [0.4, 0.5) is 0 Å². The Kier molecular flexibility index (Phi) is 4.02. The van der Waals surface area contributed by atoms with Gasteiger partial charge in [0.25, 0.3) is 5.01 Å². The summed E-state index contributed by atoms with van der Waals surface area (Å²) in [6, 6.07) is 6.63. The van der Waals surface area contributed by atoms with Gasteiger partial charge >= 0.3 is 0 Å². The van der Waals surface area contributed by atoms with Gasteiger partial charge < -0.3 is 4.74 Å². The summed E-state index contributed by atoms with van der Waals surface area (Å²) >= 11 is 1.82. The van der Waals surface area contributed by atoms with Crippen molar-refractivity contribution < 1.29 is 9.30 Å². The third kappa shape index (κ3) is 2.41. The summed E-state index contributed by atoms with van der Waals surface area (Å²) in [6.45, 7) is 7.42. The fourth-order valence-electron chi connectivity index (χ4n) is 2.09. The Bertz CT molecular complexity index is 577. The third-order valence-corrected chi connectivity index (χ3v) is 4.21. The van der Waals surface area contributed by atoms with Crippen LogP contribution in [0.5, 0.6) is 0 Å². The van der Waals surface area contributed by atoms with Crippen LogP contribution < -0.4 is 4.57 Å². The van der Waals surface area contributed by atoms with Gasteiger partial charge in [0.15, 0.2) is 0 Å². The Morgan fingerprint density at radius 2 is 2.17 bits per heavy atom. The highest BCUT2D eigenvalue weighted by atomic mass is 32.1. The molecule has 0 amide bonds. The maximum Gasteiger partial charge on any atom is 0.266 e. The number of nitrogens with zero attached hydrogens (tertiary/aromatic N) is 1. The van der Waals surface area contributed by atoms with Crippen molar-refractivity contribution >= 4 is 27.6 Å². The lowest BCUT2D eigenvalue weighted by Gasteiger charge is -2.00. The van der Waals surface area contributed by atoms with Crippen molar-refractivity contribution in [1.82, 2.24) is 0 Å². The molecule has 0 aliphatic rings. The van der Waals surface area contributed by atoms with Gasteiger partial charge in [0.05, 0.1) is 13.2 Å². The molecule has 2 aromatic rings. The van der Waals surface area contributed by atoms with Crippen LogP contribution in [-0.4, -0.2) is 7.11 Å². The third-order valence-electron chi connectivity index (χ3n) is 3.10. The Balaban J connectivity index is 2.60. The number of aryl methyl sites for hydroxylation is 2. The molecule has 0 spiro atoms. The second-order valence-electron chi connectivity index (χ2n) is 4.32. The molecule has 0 unspecified atom stereocenters. The first-order valence-corrected chi connectivity index (χ1v) is 7.18. The van der Waals surface area contributed by atoms with E-state index in [4.69, 9.17) is 4.74 Å². The number of fused-ring (bicyclic) bond motifs is 1. The molecule has 2 rings (SSSR count). The van der Waals surface area contributed by atoms with Crippen molar-refractivity contribution in [3.8, 4) is 0 Å². The molecular weight excluding hydrogens is 242 g/mol. The number of allylic oxidation sites excluding steroid dienone is 1. The maximum atomic E-state index is 5.38. The summed E-state index contributed by atoms with van der Waals surface area (Å²) in [7, 11) is 1.74. The summed E-state index contributed by atoms with van der Waals surface area (Å²) in [5.41, 5.74) is 2.63. The lowest BCUT2D eigenvalue weighted by molar-refractivity contribution is -0.665. The summed E-state index contributed by atoms with van der Waals surface area (Å²) in [6.07, 6.45) is 3.08. The van der Waals surface area contributed by atoms with Crippen LogP contribution in [0.2, 0.25) is 0 Å². The number of methoxy groups -OCH3 is 1. The van der Waals surface area contributed by atoms with E-state index in [0.717, 1.165) is 18.7 Å². The van der Waals surface area contributed by atoms with Crippen LogP contribution in [-0.2, 0) is 11.3 Å². The summed E-state index contributed by atoms with van der Waals surface area (Å²) < 4.78 is 9.06. The van der Waals surface area contributed by atoms with Gasteiger partial charge in [-0.25, -0.2) is 0 Å². The lowest BCUT2D eigenvalue weighted by atomic mass is 10.2. The molecule has 2 nitrogen and oxygen atoms in total. The van der Waals surface area contributed by atoms with Gasteiger partial charge in [-0.2, -0.15) is 4.57 Å². The molecule has 0 atom stereocenters. The van der Waals surface area contributed by atoms with E-state index in [1.165, 1.54) is 20.8 Å². The van der Waals surface area contributed by atoms with E-state index in [1.807, 2.05) is 11.3 Å². The van der Waals surface area contributed by atoms with Crippen LogP contribution >= 0.6 is 11.3 Å². The zero-order valence-corrected chi connectivity index (χ0v) is 12.3. The van der Waals surface area contributed by atoms with E-state index in [1.54, 1.807) is 7.11 Å². The van der Waals surface area contributed by atoms with E-state index in [9.17, 15) is 0 Å². The molecule has 0 fully saturated rings. The minimum atomic E-state index is 0.924. The van der Waals surface area contributed by atoms with Crippen LogP contribution in [0.15, 0.2) is 24.0 Å². The molecule has 0 saturated heterocycles. The second-order valence-corrected chi connectivity index (χ2v) is 5.39. The predicted molar refractivity (Wildman–Crippen MR) is 77.7 cm³/mol. The van der Waals surface area contributed by atoms with Gasteiger partial charge in [0.2, 0.25) is 5.52 Å². The number of rotatable bonds is 4. The van der Waals surface area contributed by atoms with E-state index < -0.39 is 0 Å². The standard InChI is InChI=1S/C15H20NOS/c1-5-12(17-4)10-15-16(6-2)13-9-11(3)7-8-14(13)18-15/h7-10H,5-6H2,1-4H3/q+1/b12-10+. The smallest absolute Gasteiger partial charge is 0.266 e. The number of hydrogen-bond acceptors (Lipinski definition) is 2. The Labute approximate surface area is 113 Å². The average Bonchev–Trinajstić information content (AvgIpc) is 2.72. The Hall–Kier alpha value is -1.35. The molecule has 3 heteroatoms. The number of thiazole rings is 1. The molecule has 0 N–H and O–H groups in total. The topological polar surface area (TPSA) is 13.1 Å². The molecule has 96 valence electrons. The van der Waals surface area contributed by atoms with Gasteiger partial charge in [-0.1, -0.05) is 24.3 Å². The van der Waals surface area contributed by atoms with Crippen LogP contribution in [0, 0.1) is 6.92 Å². The number of hydrogen-bond donors (Lipinski definition) is 0. The van der Waals surface area contributed by atoms with Gasteiger partial charge in [0.1, 0.15) is 17.0 Å². The molecule has 1 heterocycles. The van der Waals surface area contributed by atoms with Gasteiger partial charge in [0, 0.05) is 12.5 Å². The quantitative estimate of drug-likeness (QED) is 0.601. The Morgan fingerprint density at radius 1 is 1.39 bits per heavy atom. The fourth-order valence-corrected chi connectivity index (χ4v) is 3.25. The molecule has 0 aliphatic heterocycles. The molecule has 0 saturated carbocycles. The van der Waals surface area contributed by atoms with Crippen molar-refractivity contribution in [2.75, 3.05) is 7.11 Å². The maximum absolute atomic E-state index is 5.38. The minimum absolute atomic E-state index is 0.924. The van der Waals surface area contributed by atoms with Crippen LogP contribution in [0.1, 0.15) is 30.8 Å². The zero-order chi connectivity index (χ0) is 13.1. The zero-order valence-electron chi connectivity index (χ0n) is 11.5. The second kappa shape index (κ2) is 5.53. The van der Waals surface area contributed by atoms with Crippen molar-refractivity contribution in [1.29, 1.82) is 0 Å². The monoisotopic (exact) mass is 262 g/mol. The average molecular weight is 262 g/mol. The van der Waals surface area contributed by atoms with Crippen molar-refractivity contribution in [3.05, 3.63) is 34.5 Å². The van der Waals surface area contributed by atoms with Crippen molar-refractivity contribution in [2.45, 2.75) is 33.7 Å². The van der Waals surface area contributed by atoms with Crippen LogP contribution in [0.25, 0.3) is 16.3 Å². The first-order valence-electron chi connectivity index (χ1n) is 6.37. The van der Waals surface area contributed by atoms with E-state index in [0.29, 0.717) is 0 Å². The fraction of sp³-hybridized carbons (Fsp3) is 0.400. The highest BCUT2D eigenvalue weighted by molar-refractivity contribution is 7.18. The number of ether oxygens (including phenoxy) is 1. The molecule has 1 aromatic heterocycles. The molecule has 1 aromatic carbocycles. The summed E-state index contributed by atoms with van der Waals surface area (Å²) in [5, 5.41) is 1.26. The van der Waals surface area contributed by atoms with Crippen molar-refractivity contribution in [2.24, 2.45) is 0 Å². The molecule has 0 bridgehead atoms. The lowest BCUT2D eigenvalue weighted by Crippen LogP contribution is -2.33. The largest absolute Gasteiger partial charge is 0.501 e. The summed E-state index contributed by atoms with van der Waals surface area (Å²) in [5.74, 6) is 1.03. The Morgan fingerprint density at radius 3 is 2.78 bits per heavy atom. The SMILES string of the molecule is CC/C(=C\c1sc2ccc(C)cc2[n+]1CC)OC. The minimum Gasteiger partial charge on any atom is -0.501 e. The number of benzene rings is 1. The normalized spacial score (nSPS) is 12.1. The predicted octanol–water partition coefficient (Wildman–Crippen LogP) is 3.91. The molecule has 0 aliphatic carbocycles. The molecular formula is C15H20NOS+. The molecule has 18 heavy (non-hydrogen) atoms. The van der Waals surface area contributed by atoms with E-state index in [-0.39, 0.29) is 0 Å². The highest BCUT2D eigenvalue weighted by Gasteiger charge is 2.17. The molecule has 0 radical (unpaired) electrons. The summed E-state index contributed by atoms with van der Waals surface area (Å²) in [4.78, 5) is 0. The van der Waals surface area contributed by atoms with Gasteiger partial charge in [-0.3, -0.25) is 0 Å². The highest BCUT2D eigenvalue weighted by Crippen LogP contribution is 2.23. The number of aromatic nitrogens is 1. The van der Waals surface area contributed by atoms with Gasteiger partial charge in [-0.05, 0) is 25.5 Å². The van der Waals surface area contributed by atoms with Crippen molar-refractivity contribution in [3.63, 3.8) is 0 Å². The van der Waals surface area contributed by atoms with E-state index in [2.05, 4.69) is 49.6 Å². The van der Waals surface area contributed by atoms with E-state index >= 15 is 0 Å². The van der Waals surface area contributed by atoms with Crippen LogP contribution in [0.3, 0.4) is 0 Å². The van der Waals surface area contributed by atoms with Gasteiger partial charge in [-0.15, -0.1) is 0 Å². The first kappa shape index (κ1) is 13.1.